The minimum absolute atomic E-state index is 0.544. The van der Waals surface area contributed by atoms with E-state index >= 15 is 0 Å². The van der Waals surface area contributed by atoms with Crippen LogP contribution in [0.5, 0.6) is 0 Å². The van der Waals surface area contributed by atoms with Crippen LogP contribution in [0.3, 0.4) is 0 Å². The molecule has 17 heavy (non-hydrogen) atoms. The topological polar surface area (TPSA) is 68.8 Å². The molecule has 0 atom stereocenters. The van der Waals surface area contributed by atoms with E-state index in [-0.39, 0.29) is 0 Å². The van der Waals surface area contributed by atoms with Crippen molar-refractivity contribution in [1.29, 1.82) is 0 Å². The third-order valence-electron chi connectivity index (χ3n) is 2.33. The third kappa shape index (κ3) is 2.50. The highest BCUT2D eigenvalue weighted by Crippen LogP contribution is 2.30. The molecule has 2 rings (SSSR count). The summed E-state index contributed by atoms with van der Waals surface area (Å²) >= 11 is 1.44. The summed E-state index contributed by atoms with van der Waals surface area (Å²) in [4.78, 5) is 0. The Balaban J connectivity index is 2.31. The Hall–Kier alpha value is -1.34. The second kappa shape index (κ2) is 4.89. The number of nitrogens with one attached hydrogen (secondary N) is 1. The van der Waals surface area contributed by atoms with Gasteiger partial charge >= 0.3 is 0 Å². The molecule has 2 aromatic rings. The second-order valence-corrected chi connectivity index (χ2v) is 4.65. The molecule has 0 aliphatic carbocycles. The third-order valence-corrected chi connectivity index (χ3v) is 3.38. The minimum atomic E-state index is 0.544. The lowest BCUT2D eigenvalue weighted by molar-refractivity contribution is 0.428. The first-order valence-electron chi connectivity index (χ1n) is 5.27. The van der Waals surface area contributed by atoms with Crippen molar-refractivity contribution in [1.82, 2.24) is 25.3 Å². The summed E-state index contributed by atoms with van der Waals surface area (Å²) in [6.45, 7) is 4.55. The highest BCUT2D eigenvalue weighted by atomic mass is 32.2. The predicted molar refractivity (Wildman–Crippen MR) is 63.9 cm³/mol. The van der Waals surface area contributed by atoms with E-state index in [2.05, 4.69) is 20.6 Å². The molecule has 2 aromatic heterocycles. The SMILES string of the molecule is CNCc1c(C)nn(C)c1Sc1nnc(C)o1. The lowest BCUT2D eigenvalue weighted by Gasteiger charge is -2.02. The van der Waals surface area contributed by atoms with E-state index in [1.165, 1.54) is 11.8 Å². The van der Waals surface area contributed by atoms with Crippen molar-refractivity contribution in [2.45, 2.75) is 30.6 Å². The summed E-state index contributed by atoms with van der Waals surface area (Å²) in [5, 5.41) is 16.9. The van der Waals surface area contributed by atoms with Crippen molar-refractivity contribution in [3.05, 3.63) is 17.1 Å². The number of hydrogen-bond donors (Lipinski definition) is 1. The minimum Gasteiger partial charge on any atom is -0.416 e. The zero-order valence-corrected chi connectivity index (χ0v) is 11.1. The predicted octanol–water partition coefficient (Wildman–Crippen LogP) is 1.29. The molecule has 0 saturated heterocycles. The molecule has 92 valence electrons. The fourth-order valence-electron chi connectivity index (χ4n) is 1.59. The van der Waals surface area contributed by atoms with E-state index in [9.17, 15) is 0 Å². The Bertz CT molecular complexity index is 519. The number of aromatic nitrogens is 4. The molecule has 0 spiro atoms. The van der Waals surface area contributed by atoms with Gasteiger partial charge in [0.15, 0.2) is 0 Å². The van der Waals surface area contributed by atoms with Gasteiger partial charge in [-0.15, -0.1) is 10.2 Å². The Morgan fingerprint density at radius 2 is 2.12 bits per heavy atom. The van der Waals surface area contributed by atoms with Crippen LogP contribution in [-0.2, 0) is 13.6 Å². The summed E-state index contributed by atoms with van der Waals surface area (Å²) in [6.07, 6.45) is 0. The smallest absolute Gasteiger partial charge is 0.282 e. The molecule has 1 N–H and O–H groups in total. The van der Waals surface area contributed by atoms with E-state index in [1.54, 1.807) is 6.92 Å². The lowest BCUT2D eigenvalue weighted by atomic mass is 10.3. The van der Waals surface area contributed by atoms with E-state index in [0.29, 0.717) is 11.1 Å². The molecular weight excluding hydrogens is 238 g/mol. The van der Waals surface area contributed by atoms with Crippen molar-refractivity contribution in [2.24, 2.45) is 7.05 Å². The summed E-state index contributed by atoms with van der Waals surface area (Å²) < 4.78 is 7.20. The van der Waals surface area contributed by atoms with E-state index < -0.39 is 0 Å². The highest BCUT2D eigenvalue weighted by Gasteiger charge is 2.16. The van der Waals surface area contributed by atoms with Crippen LogP contribution in [-0.4, -0.2) is 27.0 Å². The van der Waals surface area contributed by atoms with Crippen LogP contribution < -0.4 is 5.32 Å². The van der Waals surface area contributed by atoms with Gasteiger partial charge in [0.25, 0.3) is 5.22 Å². The van der Waals surface area contributed by atoms with Crippen LogP contribution in [0.15, 0.2) is 14.7 Å². The van der Waals surface area contributed by atoms with Gasteiger partial charge in [0.2, 0.25) is 5.89 Å². The zero-order valence-electron chi connectivity index (χ0n) is 10.3. The van der Waals surface area contributed by atoms with Crippen molar-refractivity contribution < 1.29 is 4.42 Å². The maximum Gasteiger partial charge on any atom is 0.282 e. The molecule has 0 aromatic carbocycles. The molecule has 6 nitrogen and oxygen atoms in total. The standard InChI is InChI=1S/C10H15N5OS/c1-6-8(5-11-3)9(15(4)14-6)17-10-13-12-7(2)16-10/h11H,5H2,1-4H3. The van der Waals surface area contributed by atoms with E-state index in [0.717, 1.165) is 22.8 Å². The van der Waals surface area contributed by atoms with Gasteiger partial charge in [-0.2, -0.15) is 5.10 Å². The van der Waals surface area contributed by atoms with Gasteiger partial charge in [-0.25, -0.2) is 0 Å². The summed E-state index contributed by atoms with van der Waals surface area (Å²) in [5.41, 5.74) is 2.18. The largest absolute Gasteiger partial charge is 0.416 e. The van der Waals surface area contributed by atoms with Gasteiger partial charge in [-0.3, -0.25) is 4.68 Å². The molecular formula is C10H15N5OS. The van der Waals surface area contributed by atoms with Crippen LogP contribution in [0.2, 0.25) is 0 Å². The molecule has 0 aliphatic heterocycles. The van der Waals surface area contributed by atoms with Gasteiger partial charge in [0.05, 0.1) is 5.69 Å². The van der Waals surface area contributed by atoms with Crippen LogP contribution in [0.4, 0.5) is 0 Å². The molecule has 0 saturated carbocycles. The van der Waals surface area contributed by atoms with Crippen molar-refractivity contribution in [3.8, 4) is 0 Å². The molecule has 0 fully saturated rings. The summed E-state index contributed by atoms with van der Waals surface area (Å²) in [6, 6.07) is 0. The Morgan fingerprint density at radius 3 is 2.71 bits per heavy atom. The molecule has 0 radical (unpaired) electrons. The normalized spacial score (nSPS) is 11.1. The zero-order chi connectivity index (χ0) is 12.4. The first-order chi connectivity index (χ1) is 8.11. The van der Waals surface area contributed by atoms with E-state index in [4.69, 9.17) is 4.42 Å². The van der Waals surface area contributed by atoms with Gasteiger partial charge in [-0.05, 0) is 25.7 Å². The Kier molecular flexibility index (Phi) is 3.49. The molecule has 0 unspecified atom stereocenters. The van der Waals surface area contributed by atoms with Gasteiger partial charge in [-0.1, -0.05) is 0 Å². The van der Waals surface area contributed by atoms with Crippen molar-refractivity contribution in [3.63, 3.8) is 0 Å². The van der Waals surface area contributed by atoms with E-state index in [1.807, 2.05) is 25.7 Å². The number of aryl methyl sites for hydroxylation is 3. The summed E-state index contributed by atoms with van der Waals surface area (Å²) in [7, 11) is 3.83. The van der Waals surface area contributed by atoms with Gasteiger partial charge in [0, 0.05) is 26.1 Å². The first-order valence-corrected chi connectivity index (χ1v) is 6.08. The summed E-state index contributed by atoms with van der Waals surface area (Å²) in [5.74, 6) is 0.571. The average molecular weight is 253 g/mol. The molecule has 0 bridgehead atoms. The van der Waals surface area contributed by atoms with Crippen LogP contribution in [0, 0.1) is 13.8 Å². The Labute approximate surface area is 104 Å². The van der Waals surface area contributed by atoms with Crippen molar-refractivity contribution >= 4 is 11.8 Å². The maximum atomic E-state index is 5.36. The number of rotatable bonds is 4. The first kappa shape index (κ1) is 12.1. The van der Waals surface area contributed by atoms with Crippen LogP contribution in [0.25, 0.3) is 0 Å². The molecule has 7 heteroatoms. The Morgan fingerprint density at radius 1 is 1.35 bits per heavy atom. The quantitative estimate of drug-likeness (QED) is 0.885. The number of hydrogen-bond acceptors (Lipinski definition) is 6. The van der Waals surface area contributed by atoms with Gasteiger partial charge < -0.3 is 9.73 Å². The average Bonchev–Trinajstić information content (AvgIpc) is 2.78. The van der Waals surface area contributed by atoms with Crippen molar-refractivity contribution in [2.75, 3.05) is 7.05 Å². The lowest BCUT2D eigenvalue weighted by Crippen LogP contribution is -2.06. The van der Waals surface area contributed by atoms with Gasteiger partial charge in [0.1, 0.15) is 5.03 Å². The fourth-order valence-corrected chi connectivity index (χ4v) is 2.52. The van der Waals surface area contributed by atoms with Crippen LogP contribution >= 0.6 is 11.8 Å². The molecule has 0 aliphatic rings. The maximum absolute atomic E-state index is 5.36. The monoisotopic (exact) mass is 253 g/mol. The highest BCUT2D eigenvalue weighted by molar-refractivity contribution is 7.99. The second-order valence-electron chi connectivity index (χ2n) is 3.71. The van der Waals surface area contributed by atoms with Crippen LogP contribution in [0.1, 0.15) is 17.1 Å². The fraction of sp³-hybridized carbons (Fsp3) is 0.500. The molecule has 2 heterocycles. The number of nitrogens with zero attached hydrogens (tertiary/aromatic N) is 4. The molecule has 0 amide bonds.